The molecular weight excluding hydrogens is 745 g/mol. The zero-order valence-corrected chi connectivity index (χ0v) is 32.2. The lowest BCUT2D eigenvalue weighted by atomic mass is 9.89. The SMILES string of the molecule is O=C1CCC(N2Cc3cc(C4CN(Cc5cccc(S(=O)(=O)N6CCC(NC7N=CC8=C(N7)N(c7ccccc7)C(=O)C87CC7)CC6)c5)C4)ccc3C2=O)C(=O)N1. The Bertz CT molecular complexity index is 2370. The highest BCUT2D eigenvalue weighted by Gasteiger charge is 2.61. The van der Waals surface area contributed by atoms with Gasteiger partial charge in [-0.15, -0.1) is 0 Å². The largest absolute Gasteiger partial charge is 0.337 e. The Labute approximate surface area is 331 Å². The van der Waals surface area contributed by atoms with Crippen molar-refractivity contribution in [3.8, 4) is 0 Å². The van der Waals surface area contributed by atoms with Gasteiger partial charge in [0.2, 0.25) is 27.7 Å². The van der Waals surface area contributed by atoms with E-state index in [0.717, 1.165) is 59.7 Å². The lowest BCUT2D eigenvalue weighted by Gasteiger charge is -2.40. The van der Waals surface area contributed by atoms with Crippen molar-refractivity contribution in [3.63, 3.8) is 0 Å². The minimum Gasteiger partial charge on any atom is -0.337 e. The summed E-state index contributed by atoms with van der Waals surface area (Å²) in [5, 5.41) is 9.39. The van der Waals surface area contributed by atoms with Crippen LogP contribution in [0.4, 0.5) is 5.69 Å². The minimum absolute atomic E-state index is 0.0477. The van der Waals surface area contributed by atoms with Gasteiger partial charge < -0.3 is 10.2 Å². The molecule has 6 aliphatic heterocycles. The van der Waals surface area contributed by atoms with E-state index in [2.05, 4.69) is 26.9 Å². The molecule has 0 bridgehead atoms. The predicted molar refractivity (Wildman–Crippen MR) is 210 cm³/mol. The quantitative estimate of drug-likeness (QED) is 0.277. The van der Waals surface area contributed by atoms with Crippen LogP contribution in [0.5, 0.6) is 0 Å². The van der Waals surface area contributed by atoms with Crippen LogP contribution >= 0.6 is 0 Å². The van der Waals surface area contributed by atoms with Crippen LogP contribution in [0, 0.1) is 5.41 Å². The molecule has 57 heavy (non-hydrogen) atoms. The van der Waals surface area contributed by atoms with Crippen molar-refractivity contribution in [2.75, 3.05) is 31.1 Å². The van der Waals surface area contributed by atoms with Gasteiger partial charge in [0.25, 0.3) is 5.91 Å². The number of likely N-dealkylation sites (tertiary alicyclic amines) is 1. The smallest absolute Gasteiger partial charge is 0.255 e. The summed E-state index contributed by atoms with van der Waals surface area (Å²) in [5.74, 6) is 0.263. The van der Waals surface area contributed by atoms with E-state index in [1.807, 2.05) is 60.8 Å². The molecule has 1 saturated carbocycles. The number of hydrogen-bond acceptors (Lipinski definition) is 10. The van der Waals surface area contributed by atoms with Gasteiger partial charge in [-0.2, -0.15) is 4.31 Å². The number of amides is 4. The summed E-state index contributed by atoms with van der Waals surface area (Å²) in [6, 6.07) is 22.2. The molecule has 3 aromatic rings. The van der Waals surface area contributed by atoms with E-state index in [-0.39, 0.29) is 36.1 Å². The van der Waals surface area contributed by atoms with Crippen molar-refractivity contribution in [2.45, 2.75) is 80.8 Å². The van der Waals surface area contributed by atoms with Gasteiger partial charge in [-0.1, -0.05) is 42.5 Å². The van der Waals surface area contributed by atoms with Crippen molar-refractivity contribution in [1.29, 1.82) is 0 Å². The van der Waals surface area contributed by atoms with Gasteiger partial charge in [0.05, 0.1) is 16.0 Å². The van der Waals surface area contributed by atoms with E-state index in [0.29, 0.717) is 55.9 Å². The summed E-state index contributed by atoms with van der Waals surface area (Å²) in [5.41, 5.74) is 4.88. The van der Waals surface area contributed by atoms with Crippen LogP contribution in [-0.4, -0.2) is 96.9 Å². The van der Waals surface area contributed by atoms with E-state index < -0.39 is 33.7 Å². The molecule has 3 aromatic carbocycles. The van der Waals surface area contributed by atoms with Gasteiger partial charge in [-0.05, 0) is 79.1 Å². The highest BCUT2D eigenvalue weighted by molar-refractivity contribution is 7.89. The van der Waals surface area contributed by atoms with Gasteiger partial charge in [-0.3, -0.25) is 44.6 Å². The zero-order valence-electron chi connectivity index (χ0n) is 31.4. The Balaban J connectivity index is 0.723. The van der Waals surface area contributed by atoms with E-state index in [1.165, 1.54) is 0 Å². The third kappa shape index (κ3) is 6.27. The van der Waals surface area contributed by atoms with Crippen molar-refractivity contribution < 1.29 is 27.6 Å². The maximum atomic E-state index is 13.9. The highest BCUT2D eigenvalue weighted by Crippen LogP contribution is 2.58. The van der Waals surface area contributed by atoms with Crippen LogP contribution in [0.1, 0.15) is 71.5 Å². The minimum atomic E-state index is -3.69. The maximum absolute atomic E-state index is 13.9. The molecule has 1 spiro atoms. The highest BCUT2D eigenvalue weighted by atomic mass is 32.2. The van der Waals surface area contributed by atoms with Gasteiger partial charge in [-0.25, -0.2) is 8.42 Å². The number of nitrogens with one attached hydrogen (secondary N) is 3. The molecule has 15 heteroatoms. The topological polar surface area (TPSA) is 164 Å². The summed E-state index contributed by atoms with van der Waals surface area (Å²) in [4.78, 5) is 61.4. The van der Waals surface area contributed by atoms with E-state index in [4.69, 9.17) is 4.99 Å². The van der Waals surface area contributed by atoms with Gasteiger partial charge in [0.1, 0.15) is 11.9 Å². The Hall–Kier alpha value is -5.22. The van der Waals surface area contributed by atoms with Crippen molar-refractivity contribution in [2.24, 2.45) is 10.4 Å². The summed E-state index contributed by atoms with van der Waals surface area (Å²) in [7, 11) is -3.69. The number of nitrogens with zero attached hydrogens (tertiary/aromatic N) is 5. The first-order valence-electron chi connectivity index (χ1n) is 19.9. The summed E-state index contributed by atoms with van der Waals surface area (Å²) in [6.07, 6.45) is 4.89. The molecular formula is C42H44N8O6S. The molecule has 2 unspecified atom stereocenters. The second-order valence-corrected chi connectivity index (χ2v) is 18.3. The van der Waals surface area contributed by atoms with E-state index >= 15 is 0 Å². The Morgan fingerprint density at radius 2 is 1.68 bits per heavy atom. The summed E-state index contributed by atoms with van der Waals surface area (Å²) >= 11 is 0. The number of anilines is 1. The van der Waals surface area contributed by atoms with Crippen LogP contribution in [0.2, 0.25) is 0 Å². The number of rotatable bonds is 9. The Morgan fingerprint density at radius 1 is 0.895 bits per heavy atom. The molecule has 3 N–H and O–H groups in total. The maximum Gasteiger partial charge on any atom is 0.255 e. The fraction of sp³-hybridized carbons (Fsp3) is 0.405. The number of aliphatic imine (C=N–C) groups is 1. The number of para-hydroxylation sites is 1. The first-order valence-corrected chi connectivity index (χ1v) is 21.3. The Kier molecular flexibility index (Phi) is 8.70. The molecule has 6 heterocycles. The standard InChI is InChI=1S/C42H44N8O6S/c51-36-12-11-35(38(52)45-36)49-25-28-20-27(9-10-33(28)39(49)53)29-23-47(24-29)22-26-5-4-8-32(19-26)57(55,56)48-17-13-30(14-18-48)44-41-43-21-34-37(46-41)50(31-6-2-1-3-7-31)40(54)42(34)15-16-42/h1-10,19-21,29-30,35,41,44,46H,11-18,22-25H2,(H,45,51,52). The average molecular weight is 789 g/mol. The fourth-order valence-electron chi connectivity index (χ4n) is 9.39. The molecule has 7 aliphatic rings. The van der Waals surface area contributed by atoms with Gasteiger partial charge in [0, 0.05) is 75.0 Å². The normalized spacial score (nSPS) is 25.1. The third-order valence-electron chi connectivity index (χ3n) is 12.8. The van der Waals surface area contributed by atoms with Crippen LogP contribution in [-0.2, 0) is 37.5 Å². The monoisotopic (exact) mass is 788 g/mol. The number of carbonyl (C=O) groups excluding carboxylic acids is 4. The molecule has 0 radical (unpaired) electrons. The fourth-order valence-corrected chi connectivity index (χ4v) is 10.9. The van der Waals surface area contributed by atoms with Crippen molar-refractivity contribution in [1.82, 2.24) is 30.1 Å². The summed E-state index contributed by atoms with van der Waals surface area (Å²) in [6.45, 7) is 3.36. The number of hydrogen-bond donors (Lipinski definition) is 3. The van der Waals surface area contributed by atoms with Gasteiger partial charge >= 0.3 is 0 Å². The molecule has 294 valence electrons. The number of imide groups is 1. The van der Waals surface area contributed by atoms with E-state index in [1.54, 1.807) is 26.2 Å². The van der Waals surface area contributed by atoms with Gasteiger partial charge in [0.15, 0.2) is 6.29 Å². The van der Waals surface area contributed by atoms with Crippen LogP contribution in [0.25, 0.3) is 0 Å². The van der Waals surface area contributed by atoms with Crippen LogP contribution in [0.15, 0.2) is 94.1 Å². The second-order valence-electron chi connectivity index (χ2n) is 16.3. The molecule has 4 amide bonds. The Morgan fingerprint density at radius 3 is 2.44 bits per heavy atom. The van der Waals surface area contributed by atoms with Crippen LogP contribution < -0.4 is 20.9 Å². The molecule has 14 nitrogen and oxygen atoms in total. The van der Waals surface area contributed by atoms with Crippen molar-refractivity contribution in [3.05, 3.63) is 106 Å². The number of carbonyl (C=O) groups is 4. The molecule has 1 aliphatic carbocycles. The number of benzene rings is 3. The zero-order chi connectivity index (χ0) is 39.1. The molecule has 2 atom stereocenters. The lowest BCUT2D eigenvalue weighted by Crippen LogP contribution is -2.53. The first-order chi connectivity index (χ1) is 27.6. The first kappa shape index (κ1) is 36.1. The number of piperidine rings is 2. The van der Waals surface area contributed by atoms with Crippen molar-refractivity contribution >= 4 is 45.6 Å². The summed E-state index contributed by atoms with van der Waals surface area (Å²) < 4.78 is 29.3. The van der Waals surface area contributed by atoms with Crippen LogP contribution in [0.3, 0.4) is 0 Å². The van der Waals surface area contributed by atoms with E-state index in [9.17, 15) is 27.6 Å². The molecule has 3 saturated heterocycles. The lowest BCUT2D eigenvalue weighted by molar-refractivity contribution is -0.137. The second kappa shape index (κ2) is 13.7. The molecule has 4 fully saturated rings. The molecule has 0 aromatic heterocycles. The number of fused-ring (bicyclic) bond motifs is 2. The third-order valence-corrected chi connectivity index (χ3v) is 14.7. The predicted octanol–water partition coefficient (Wildman–Crippen LogP) is 2.79. The molecule has 10 rings (SSSR count). The number of sulfonamides is 1. The average Bonchev–Trinajstić information content (AvgIpc) is 3.89.